The van der Waals surface area contributed by atoms with Crippen molar-refractivity contribution in [3.05, 3.63) is 22.8 Å². The fourth-order valence-electron chi connectivity index (χ4n) is 3.79. The monoisotopic (exact) mass is 395 g/mol. The fraction of sp³-hybridized carbons (Fsp3) is 0.650. The Morgan fingerprint density at radius 3 is 2.48 bits per heavy atom. The Hall–Kier alpha value is -1.76. The fourth-order valence-corrected chi connectivity index (χ4v) is 4.80. The van der Waals surface area contributed by atoms with Crippen LogP contribution in [0.15, 0.2) is 6.07 Å². The predicted molar refractivity (Wildman–Crippen MR) is 112 cm³/mol. The highest BCUT2D eigenvalue weighted by atomic mass is 32.2. The lowest BCUT2D eigenvalue weighted by Crippen LogP contribution is -2.34. The number of rotatable bonds is 10. The average molecular weight is 396 g/mol. The number of amides is 1. The molecule has 1 heterocycles. The van der Waals surface area contributed by atoms with Crippen molar-refractivity contribution in [2.45, 2.75) is 72.6 Å². The minimum atomic E-state index is -3.90. The van der Waals surface area contributed by atoms with Gasteiger partial charge in [-0.3, -0.25) is 9.52 Å². The lowest BCUT2D eigenvalue weighted by Gasteiger charge is -2.22. The van der Waals surface area contributed by atoms with Crippen molar-refractivity contribution in [1.82, 2.24) is 4.72 Å². The maximum atomic E-state index is 12.1. The van der Waals surface area contributed by atoms with Crippen molar-refractivity contribution >= 4 is 27.5 Å². The minimum absolute atomic E-state index is 0.573. The molecule has 27 heavy (non-hydrogen) atoms. The van der Waals surface area contributed by atoms with Crippen LogP contribution in [-0.2, 0) is 21.4 Å². The third-order valence-corrected chi connectivity index (χ3v) is 6.18. The number of fused-ring (bicyclic) bond motifs is 1. The second-order valence-corrected chi connectivity index (χ2v) is 8.87. The van der Waals surface area contributed by atoms with Crippen molar-refractivity contribution in [2.24, 2.45) is 0 Å². The van der Waals surface area contributed by atoms with E-state index in [1.54, 1.807) is 0 Å². The van der Waals surface area contributed by atoms with Crippen LogP contribution in [0.4, 0.5) is 11.4 Å². The van der Waals surface area contributed by atoms with Crippen LogP contribution in [0.5, 0.6) is 0 Å². The molecule has 1 aromatic rings. The zero-order chi connectivity index (χ0) is 20.0. The number of hydrogen-bond acceptors (Lipinski definition) is 4. The summed E-state index contributed by atoms with van der Waals surface area (Å²) in [6.07, 6.45) is 8.59. The van der Waals surface area contributed by atoms with Crippen molar-refractivity contribution in [3.8, 4) is 0 Å². The molecule has 6 nitrogen and oxygen atoms in total. The topological polar surface area (TPSA) is 78.5 Å². The lowest BCUT2D eigenvalue weighted by atomic mass is 10.0. The summed E-state index contributed by atoms with van der Waals surface area (Å²) >= 11 is 0. The van der Waals surface area contributed by atoms with E-state index in [0.29, 0.717) is 5.69 Å². The van der Waals surface area contributed by atoms with Gasteiger partial charge in [-0.25, -0.2) is 4.72 Å². The molecule has 0 spiro atoms. The molecule has 1 aromatic carbocycles. The summed E-state index contributed by atoms with van der Waals surface area (Å²) in [6.45, 7) is 9.30. The average Bonchev–Trinajstić information content (AvgIpc) is 2.96. The molecule has 1 aliphatic heterocycles. The van der Waals surface area contributed by atoms with E-state index in [1.165, 1.54) is 56.7 Å². The molecule has 1 aliphatic rings. The molecule has 0 bridgehead atoms. The molecule has 152 valence electrons. The zero-order valence-electron chi connectivity index (χ0n) is 17.0. The van der Waals surface area contributed by atoms with Crippen LogP contribution in [0.2, 0.25) is 0 Å². The number of aryl methyl sites for hydroxylation is 1. The Morgan fingerprint density at radius 1 is 1.15 bits per heavy atom. The van der Waals surface area contributed by atoms with Gasteiger partial charge in [0.05, 0.1) is 5.69 Å². The van der Waals surface area contributed by atoms with Gasteiger partial charge in [-0.2, -0.15) is 8.42 Å². The molecular formula is C20H33N3O3S. The van der Waals surface area contributed by atoms with Crippen LogP contribution in [0.25, 0.3) is 0 Å². The molecule has 0 atom stereocenters. The van der Waals surface area contributed by atoms with Crippen LogP contribution in [-0.4, -0.2) is 27.4 Å². The molecular weight excluding hydrogens is 362 g/mol. The first-order valence-electron chi connectivity index (χ1n) is 9.94. The summed E-state index contributed by atoms with van der Waals surface area (Å²) in [5.41, 5.74) is 4.82. The van der Waals surface area contributed by atoms with E-state index in [-0.39, 0.29) is 0 Å². The van der Waals surface area contributed by atoms with Gasteiger partial charge in [0.2, 0.25) is 5.91 Å². The van der Waals surface area contributed by atoms with Crippen molar-refractivity contribution < 1.29 is 13.2 Å². The summed E-state index contributed by atoms with van der Waals surface area (Å²) < 4.78 is 28.6. The normalized spacial score (nSPS) is 13.6. The molecule has 0 unspecified atom stereocenters. The van der Waals surface area contributed by atoms with Crippen molar-refractivity contribution in [3.63, 3.8) is 0 Å². The number of unbranched alkanes of at least 4 members (excludes halogenated alkanes) is 5. The first-order valence-corrected chi connectivity index (χ1v) is 11.4. The van der Waals surface area contributed by atoms with Crippen LogP contribution in [0.1, 0.15) is 69.1 Å². The number of nitrogens with one attached hydrogen (secondary N) is 2. The molecule has 1 amide bonds. The number of carbonyl (C=O) groups excluding carboxylic acids is 1. The number of hydrogen-bond donors (Lipinski definition) is 2. The predicted octanol–water partition coefficient (Wildman–Crippen LogP) is 3.82. The van der Waals surface area contributed by atoms with Gasteiger partial charge in [0.1, 0.15) is 0 Å². The van der Waals surface area contributed by atoms with Crippen molar-refractivity contribution in [1.29, 1.82) is 0 Å². The molecule has 0 fully saturated rings. The molecule has 7 heteroatoms. The lowest BCUT2D eigenvalue weighted by molar-refractivity contribution is -0.117. The molecule has 2 rings (SSSR count). The number of carbonyl (C=O) groups is 1. The summed E-state index contributed by atoms with van der Waals surface area (Å²) in [6, 6.07) is 2.07. The molecule has 0 radical (unpaired) electrons. The van der Waals surface area contributed by atoms with E-state index in [9.17, 15) is 13.2 Å². The van der Waals surface area contributed by atoms with Gasteiger partial charge in [0.15, 0.2) is 0 Å². The van der Waals surface area contributed by atoms with Crippen LogP contribution < -0.4 is 14.3 Å². The Kier molecular flexibility index (Phi) is 7.53. The van der Waals surface area contributed by atoms with Crippen LogP contribution in [0, 0.1) is 13.8 Å². The quantitative estimate of drug-likeness (QED) is 0.590. The molecule has 0 aliphatic carbocycles. The number of anilines is 2. The van der Waals surface area contributed by atoms with E-state index in [2.05, 4.69) is 22.6 Å². The Labute approximate surface area is 163 Å². The number of benzene rings is 1. The molecule has 0 aromatic heterocycles. The smallest absolute Gasteiger partial charge is 0.323 e. The highest BCUT2D eigenvalue weighted by molar-refractivity contribution is 7.91. The summed E-state index contributed by atoms with van der Waals surface area (Å²) in [7, 11) is -3.90. The summed E-state index contributed by atoms with van der Waals surface area (Å²) in [5, 5.41) is 0. The standard InChI is InChI=1S/C20H33N3O3S/c1-5-6-7-8-9-10-12-23-13-11-18-16(3)20(15(2)14-19(18)23)22-27(25,26)21-17(4)24/h14,22H,5-13H2,1-4H3,(H,21,24). The minimum Gasteiger partial charge on any atom is -0.371 e. The van der Waals surface area contributed by atoms with E-state index in [4.69, 9.17) is 0 Å². The van der Waals surface area contributed by atoms with Gasteiger partial charge in [-0.05, 0) is 49.4 Å². The summed E-state index contributed by atoms with van der Waals surface area (Å²) in [4.78, 5) is 13.5. The van der Waals surface area contributed by atoms with Gasteiger partial charge in [0, 0.05) is 25.7 Å². The Balaban J connectivity index is 2.07. The van der Waals surface area contributed by atoms with Gasteiger partial charge >= 0.3 is 10.2 Å². The second-order valence-electron chi connectivity index (χ2n) is 7.46. The Morgan fingerprint density at radius 2 is 1.81 bits per heavy atom. The number of nitrogens with zero attached hydrogens (tertiary/aromatic N) is 1. The van der Waals surface area contributed by atoms with Gasteiger partial charge in [-0.15, -0.1) is 0 Å². The van der Waals surface area contributed by atoms with Crippen LogP contribution >= 0.6 is 0 Å². The third kappa shape index (κ3) is 5.86. The van der Waals surface area contributed by atoms with Crippen molar-refractivity contribution in [2.75, 3.05) is 22.7 Å². The van der Waals surface area contributed by atoms with Gasteiger partial charge in [0.25, 0.3) is 0 Å². The van der Waals surface area contributed by atoms with E-state index >= 15 is 0 Å². The van der Waals surface area contributed by atoms with E-state index in [0.717, 1.165) is 30.6 Å². The maximum Gasteiger partial charge on any atom is 0.323 e. The highest BCUT2D eigenvalue weighted by Gasteiger charge is 2.25. The SMILES string of the molecule is CCCCCCCCN1CCc2c1cc(C)c(NS(=O)(=O)NC(C)=O)c2C. The second kappa shape index (κ2) is 9.44. The zero-order valence-corrected chi connectivity index (χ0v) is 17.8. The van der Waals surface area contributed by atoms with Crippen LogP contribution in [0.3, 0.4) is 0 Å². The van der Waals surface area contributed by atoms with E-state index in [1.807, 2.05) is 18.6 Å². The Bertz CT molecular complexity index is 775. The molecule has 2 N–H and O–H groups in total. The first-order chi connectivity index (χ1) is 12.7. The highest BCUT2D eigenvalue weighted by Crippen LogP contribution is 2.37. The third-order valence-electron chi connectivity index (χ3n) is 5.15. The van der Waals surface area contributed by atoms with Gasteiger partial charge in [-0.1, -0.05) is 39.0 Å². The first kappa shape index (κ1) is 21.5. The summed E-state index contributed by atoms with van der Waals surface area (Å²) in [5.74, 6) is -0.607. The maximum absolute atomic E-state index is 12.1. The van der Waals surface area contributed by atoms with E-state index < -0.39 is 16.1 Å². The molecule has 0 saturated heterocycles. The largest absolute Gasteiger partial charge is 0.371 e. The molecule has 0 saturated carbocycles. The van der Waals surface area contributed by atoms with Gasteiger partial charge < -0.3 is 4.90 Å².